The standard InChI is InChI=1S/C22H32O3/c1-13(23)20-8-9-21-19-6-4-15-12-16(25-14(2)24)5-7-17(15)18(19)10-11-22(20,21)3/h8,15-19,21H,4-7,9-12H2,1-3H3/t15-,16-,17+,18-,19-,21+,22-/m1/s1. The third kappa shape index (κ3) is 2.78. The fraction of sp³-hybridized carbons (Fsp3) is 0.818. The van der Waals surface area contributed by atoms with Crippen molar-refractivity contribution in [1.29, 1.82) is 0 Å². The first-order valence-corrected chi connectivity index (χ1v) is 10.3. The van der Waals surface area contributed by atoms with Crippen molar-refractivity contribution in [3.63, 3.8) is 0 Å². The first-order valence-electron chi connectivity index (χ1n) is 10.3. The van der Waals surface area contributed by atoms with Crippen LogP contribution in [-0.2, 0) is 14.3 Å². The van der Waals surface area contributed by atoms with Gasteiger partial charge >= 0.3 is 5.97 Å². The molecule has 0 amide bonds. The maximum atomic E-state index is 12.1. The number of ether oxygens (including phenoxy) is 1. The van der Waals surface area contributed by atoms with E-state index in [0.29, 0.717) is 11.7 Å². The summed E-state index contributed by atoms with van der Waals surface area (Å²) < 4.78 is 5.52. The topological polar surface area (TPSA) is 43.4 Å². The summed E-state index contributed by atoms with van der Waals surface area (Å²) in [7, 11) is 0. The number of fused-ring (bicyclic) bond motifs is 5. The minimum absolute atomic E-state index is 0.126. The Morgan fingerprint density at radius 2 is 1.80 bits per heavy atom. The lowest BCUT2D eigenvalue weighted by atomic mass is 9.49. The van der Waals surface area contributed by atoms with E-state index in [9.17, 15) is 9.59 Å². The minimum atomic E-state index is -0.126. The zero-order valence-corrected chi connectivity index (χ0v) is 15.9. The molecule has 3 saturated carbocycles. The molecule has 3 fully saturated rings. The van der Waals surface area contributed by atoms with Gasteiger partial charge in [0.2, 0.25) is 0 Å². The van der Waals surface area contributed by atoms with Crippen molar-refractivity contribution in [3.05, 3.63) is 11.6 Å². The zero-order chi connectivity index (χ0) is 17.8. The summed E-state index contributed by atoms with van der Waals surface area (Å²) in [5.41, 5.74) is 1.26. The Hall–Kier alpha value is -1.12. The van der Waals surface area contributed by atoms with Gasteiger partial charge in [-0.1, -0.05) is 13.0 Å². The Morgan fingerprint density at radius 3 is 2.52 bits per heavy atom. The van der Waals surface area contributed by atoms with Crippen molar-refractivity contribution >= 4 is 11.8 Å². The number of carbonyl (C=O) groups excluding carboxylic acids is 2. The molecule has 3 nitrogen and oxygen atoms in total. The maximum absolute atomic E-state index is 12.1. The van der Waals surface area contributed by atoms with Gasteiger partial charge in [0.15, 0.2) is 5.78 Å². The van der Waals surface area contributed by atoms with E-state index in [0.717, 1.165) is 48.5 Å². The summed E-state index contributed by atoms with van der Waals surface area (Å²) >= 11 is 0. The average Bonchev–Trinajstić information content (AvgIpc) is 2.91. The molecule has 4 aliphatic rings. The van der Waals surface area contributed by atoms with Crippen LogP contribution < -0.4 is 0 Å². The van der Waals surface area contributed by atoms with Crippen molar-refractivity contribution in [2.75, 3.05) is 0 Å². The molecule has 0 N–H and O–H groups in total. The summed E-state index contributed by atoms with van der Waals surface area (Å²) in [6.45, 7) is 5.64. The third-order valence-corrected chi connectivity index (χ3v) is 8.20. The molecule has 0 aromatic heterocycles. The minimum Gasteiger partial charge on any atom is -0.463 e. The van der Waals surface area contributed by atoms with Crippen molar-refractivity contribution in [2.24, 2.45) is 35.0 Å². The number of Topliss-reactive ketones (excluding diaryl/α,β-unsaturated/α-hetero) is 1. The molecule has 0 radical (unpaired) electrons. The Labute approximate surface area is 151 Å². The lowest BCUT2D eigenvalue weighted by Crippen LogP contribution is -2.49. The smallest absolute Gasteiger partial charge is 0.302 e. The molecule has 0 unspecified atom stereocenters. The molecular formula is C22H32O3. The number of carbonyl (C=O) groups is 2. The van der Waals surface area contributed by atoms with E-state index in [2.05, 4.69) is 13.0 Å². The lowest BCUT2D eigenvalue weighted by Gasteiger charge is -2.55. The molecule has 4 rings (SSSR count). The van der Waals surface area contributed by atoms with E-state index in [1.54, 1.807) is 6.92 Å². The highest BCUT2D eigenvalue weighted by molar-refractivity contribution is 5.95. The van der Waals surface area contributed by atoms with Crippen LogP contribution in [0.4, 0.5) is 0 Å². The van der Waals surface area contributed by atoms with E-state index in [4.69, 9.17) is 4.74 Å². The van der Waals surface area contributed by atoms with Crippen LogP contribution in [0, 0.1) is 35.0 Å². The fourth-order valence-electron chi connectivity index (χ4n) is 7.27. The van der Waals surface area contributed by atoms with Crippen LogP contribution in [0.2, 0.25) is 0 Å². The van der Waals surface area contributed by atoms with Gasteiger partial charge in [0, 0.05) is 6.92 Å². The van der Waals surface area contributed by atoms with Gasteiger partial charge in [-0.3, -0.25) is 9.59 Å². The fourth-order valence-corrected chi connectivity index (χ4v) is 7.27. The summed E-state index contributed by atoms with van der Waals surface area (Å²) in [6, 6.07) is 0. The van der Waals surface area contributed by atoms with E-state index in [1.165, 1.54) is 39.0 Å². The average molecular weight is 344 g/mol. The maximum Gasteiger partial charge on any atom is 0.302 e. The highest BCUT2D eigenvalue weighted by Gasteiger charge is 2.55. The molecule has 4 aliphatic carbocycles. The van der Waals surface area contributed by atoms with Gasteiger partial charge in [0.05, 0.1) is 0 Å². The van der Waals surface area contributed by atoms with Gasteiger partial charge < -0.3 is 4.74 Å². The molecule has 25 heavy (non-hydrogen) atoms. The molecule has 138 valence electrons. The molecule has 0 aromatic rings. The normalized spacial score (nSPS) is 45.6. The molecular weight excluding hydrogens is 312 g/mol. The van der Waals surface area contributed by atoms with Crippen molar-refractivity contribution in [3.8, 4) is 0 Å². The van der Waals surface area contributed by atoms with E-state index >= 15 is 0 Å². The second-order valence-corrected chi connectivity index (χ2v) is 9.35. The molecule has 0 bridgehead atoms. The van der Waals surface area contributed by atoms with Crippen molar-refractivity contribution < 1.29 is 14.3 Å². The molecule has 0 spiro atoms. The van der Waals surface area contributed by atoms with Gasteiger partial charge in [0.25, 0.3) is 0 Å². The van der Waals surface area contributed by atoms with Crippen LogP contribution in [0.25, 0.3) is 0 Å². The van der Waals surface area contributed by atoms with Crippen LogP contribution in [0.15, 0.2) is 11.6 Å². The summed E-state index contributed by atoms with van der Waals surface area (Å²) in [5.74, 6) is 4.02. The van der Waals surface area contributed by atoms with Gasteiger partial charge in [-0.2, -0.15) is 0 Å². The largest absolute Gasteiger partial charge is 0.463 e. The van der Waals surface area contributed by atoms with Gasteiger partial charge in [-0.25, -0.2) is 0 Å². The van der Waals surface area contributed by atoms with Gasteiger partial charge in [-0.05, 0) is 98.9 Å². The molecule has 7 atom stereocenters. The number of hydrogen-bond donors (Lipinski definition) is 0. The number of allylic oxidation sites excluding steroid dienone is 2. The number of rotatable bonds is 2. The van der Waals surface area contributed by atoms with Crippen molar-refractivity contribution in [2.45, 2.75) is 78.2 Å². The number of esters is 1. The van der Waals surface area contributed by atoms with Crippen LogP contribution in [0.3, 0.4) is 0 Å². The van der Waals surface area contributed by atoms with Crippen LogP contribution >= 0.6 is 0 Å². The first-order chi connectivity index (χ1) is 11.9. The molecule has 0 saturated heterocycles. The van der Waals surface area contributed by atoms with Crippen LogP contribution in [-0.4, -0.2) is 17.9 Å². The van der Waals surface area contributed by atoms with Crippen LogP contribution in [0.5, 0.6) is 0 Å². The molecule has 0 heterocycles. The second kappa shape index (κ2) is 6.25. The predicted molar refractivity (Wildman–Crippen MR) is 96.8 cm³/mol. The van der Waals surface area contributed by atoms with Gasteiger partial charge in [-0.15, -0.1) is 0 Å². The number of hydrogen-bond acceptors (Lipinski definition) is 3. The van der Waals surface area contributed by atoms with E-state index < -0.39 is 0 Å². The van der Waals surface area contributed by atoms with Gasteiger partial charge in [0.1, 0.15) is 6.10 Å². The molecule has 3 heteroatoms. The third-order valence-electron chi connectivity index (χ3n) is 8.20. The lowest BCUT2D eigenvalue weighted by molar-refractivity contribution is -0.151. The number of ketones is 1. The Kier molecular flexibility index (Phi) is 4.32. The highest BCUT2D eigenvalue weighted by atomic mass is 16.5. The highest BCUT2D eigenvalue weighted by Crippen LogP contribution is 2.62. The second-order valence-electron chi connectivity index (χ2n) is 9.35. The first kappa shape index (κ1) is 17.3. The Bertz CT molecular complexity index is 606. The summed E-state index contributed by atoms with van der Waals surface area (Å²) in [4.78, 5) is 23.4. The van der Waals surface area contributed by atoms with Crippen molar-refractivity contribution in [1.82, 2.24) is 0 Å². The predicted octanol–water partition coefficient (Wildman–Crippen LogP) is 4.70. The SMILES string of the molecule is CC(=O)O[C@@H]1CC[C@H]2[C@H](CC[C@@H]3[C@@H]2CC[C@]2(C)C(C(C)=O)=CC[C@@H]32)C1. The summed E-state index contributed by atoms with van der Waals surface area (Å²) in [5, 5.41) is 0. The monoisotopic (exact) mass is 344 g/mol. The Morgan fingerprint density at radius 1 is 1.04 bits per heavy atom. The van der Waals surface area contributed by atoms with E-state index in [1.807, 2.05) is 0 Å². The zero-order valence-electron chi connectivity index (χ0n) is 15.9. The molecule has 0 aliphatic heterocycles. The van der Waals surface area contributed by atoms with E-state index in [-0.39, 0.29) is 17.5 Å². The molecule has 0 aromatic carbocycles. The quantitative estimate of drug-likeness (QED) is 0.682. The van der Waals surface area contributed by atoms with Crippen LogP contribution in [0.1, 0.15) is 72.1 Å². The summed E-state index contributed by atoms with van der Waals surface area (Å²) in [6.07, 6.45) is 11.9. The Balaban J connectivity index is 1.48.